The van der Waals surface area contributed by atoms with Crippen LogP contribution >= 0.6 is 11.6 Å². The number of aryl methyl sites for hydroxylation is 1. The van der Waals surface area contributed by atoms with Crippen molar-refractivity contribution in [2.75, 3.05) is 19.6 Å². The number of hydrogen-bond donors (Lipinski definition) is 0. The Morgan fingerprint density at radius 3 is 2.76 bits per heavy atom. The van der Waals surface area contributed by atoms with Gasteiger partial charge in [0.15, 0.2) is 5.78 Å². The van der Waals surface area contributed by atoms with Gasteiger partial charge < -0.3 is 4.90 Å². The molecule has 1 fully saturated rings. The van der Waals surface area contributed by atoms with Crippen molar-refractivity contribution in [2.45, 2.75) is 26.2 Å². The van der Waals surface area contributed by atoms with Crippen LogP contribution in [0.3, 0.4) is 0 Å². The number of rotatable bonds is 4. The summed E-state index contributed by atoms with van der Waals surface area (Å²) in [7, 11) is 0. The van der Waals surface area contributed by atoms with E-state index < -0.39 is 0 Å². The minimum absolute atomic E-state index is 0.158. The summed E-state index contributed by atoms with van der Waals surface area (Å²) in [5.41, 5.74) is 1.75. The molecule has 1 saturated heterocycles. The third-order valence-corrected chi connectivity index (χ3v) is 3.61. The molecule has 0 saturated carbocycles. The summed E-state index contributed by atoms with van der Waals surface area (Å²) in [6, 6.07) is 5.62. The highest BCUT2D eigenvalue weighted by Gasteiger charge is 2.15. The molecule has 1 heterocycles. The van der Waals surface area contributed by atoms with Crippen LogP contribution in [0.15, 0.2) is 18.2 Å². The minimum atomic E-state index is 0.158. The number of carbonyl (C=O) groups is 1. The normalized spacial score (nSPS) is 16.4. The summed E-state index contributed by atoms with van der Waals surface area (Å²) in [6.07, 6.45) is 3.10. The summed E-state index contributed by atoms with van der Waals surface area (Å²) in [6.45, 7) is 5.11. The van der Waals surface area contributed by atoms with E-state index in [1.165, 1.54) is 12.8 Å². The van der Waals surface area contributed by atoms with Crippen LogP contribution in [0.5, 0.6) is 0 Å². The first-order valence-corrected chi connectivity index (χ1v) is 6.56. The first-order chi connectivity index (χ1) is 8.16. The van der Waals surface area contributed by atoms with Gasteiger partial charge in [-0.15, -0.1) is 0 Å². The molecule has 0 aliphatic carbocycles. The average molecular weight is 252 g/mol. The molecule has 1 aromatic rings. The number of ketones is 1. The van der Waals surface area contributed by atoms with Crippen LogP contribution in [0.4, 0.5) is 0 Å². The fourth-order valence-electron chi connectivity index (χ4n) is 2.25. The Hall–Kier alpha value is -0.860. The summed E-state index contributed by atoms with van der Waals surface area (Å²) >= 11 is 6.05. The zero-order chi connectivity index (χ0) is 12.3. The predicted octanol–water partition coefficient (Wildman–Crippen LogP) is 3.32. The number of benzene rings is 1. The molecule has 92 valence electrons. The number of nitrogens with zero attached hydrogens (tertiary/aromatic N) is 1. The Morgan fingerprint density at radius 2 is 2.06 bits per heavy atom. The lowest BCUT2D eigenvalue weighted by Crippen LogP contribution is -2.22. The maximum atomic E-state index is 12.1. The molecular weight excluding hydrogens is 234 g/mol. The molecule has 0 bridgehead atoms. The number of halogens is 1. The van der Waals surface area contributed by atoms with Crippen molar-refractivity contribution in [1.29, 1.82) is 0 Å². The molecule has 3 heteroatoms. The van der Waals surface area contributed by atoms with Gasteiger partial charge >= 0.3 is 0 Å². The van der Waals surface area contributed by atoms with Crippen LogP contribution in [0.25, 0.3) is 0 Å². The van der Waals surface area contributed by atoms with Gasteiger partial charge in [-0.2, -0.15) is 0 Å². The molecule has 2 rings (SSSR count). The molecule has 0 amide bonds. The second-order valence-corrected chi connectivity index (χ2v) is 5.11. The first-order valence-electron chi connectivity index (χ1n) is 6.18. The van der Waals surface area contributed by atoms with E-state index in [4.69, 9.17) is 11.6 Å². The Kier molecular flexibility index (Phi) is 4.19. The summed E-state index contributed by atoms with van der Waals surface area (Å²) in [5, 5.41) is 0.571. The molecule has 0 unspecified atom stereocenters. The summed E-state index contributed by atoms with van der Waals surface area (Å²) in [5.74, 6) is 0.158. The SMILES string of the molecule is Cc1ccc(Cl)c(C(=O)CCN2CCCC2)c1. The zero-order valence-corrected chi connectivity index (χ0v) is 11.0. The fourth-order valence-corrected chi connectivity index (χ4v) is 2.48. The zero-order valence-electron chi connectivity index (χ0n) is 10.2. The largest absolute Gasteiger partial charge is 0.303 e. The van der Waals surface area contributed by atoms with Crippen LogP contribution < -0.4 is 0 Å². The van der Waals surface area contributed by atoms with Crippen LogP contribution in [0, 0.1) is 6.92 Å². The van der Waals surface area contributed by atoms with Crippen molar-refractivity contribution in [1.82, 2.24) is 4.90 Å². The van der Waals surface area contributed by atoms with Crippen LogP contribution in [0.1, 0.15) is 35.2 Å². The number of carbonyl (C=O) groups excluding carboxylic acids is 1. The van der Waals surface area contributed by atoms with Gasteiger partial charge in [-0.1, -0.05) is 23.2 Å². The first kappa shape index (κ1) is 12.6. The highest BCUT2D eigenvalue weighted by molar-refractivity contribution is 6.34. The Labute approximate surface area is 108 Å². The van der Waals surface area contributed by atoms with Crippen LogP contribution in [0.2, 0.25) is 5.02 Å². The van der Waals surface area contributed by atoms with E-state index >= 15 is 0 Å². The van der Waals surface area contributed by atoms with Crippen molar-refractivity contribution >= 4 is 17.4 Å². The number of likely N-dealkylation sites (tertiary alicyclic amines) is 1. The smallest absolute Gasteiger partial charge is 0.165 e. The molecule has 2 nitrogen and oxygen atoms in total. The van der Waals surface area contributed by atoms with Crippen molar-refractivity contribution in [3.63, 3.8) is 0 Å². The van der Waals surface area contributed by atoms with E-state index in [1.807, 2.05) is 19.1 Å². The maximum absolute atomic E-state index is 12.1. The van der Waals surface area contributed by atoms with Gasteiger partial charge in [0, 0.05) is 18.5 Å². The van der Waals surface area contributed by atoms with E-state index in [1.54, 1.807) is 6.07 Å². The molecular formula is C14H18ClNO. The van der Waals surface area contributed by atoms with Crippen molar-refractivity contribution < 1.29 is 4.79 Å². The quantitative estimate of drug-likeness (QED) is 0.766. The van der Waals surface area contributed by atoms with E-state index in [2.05, 4.69) is 4.90 Å². The second-order valence-electron chi connectivity index (χ2n) is 4.71. The molecule has 0 aromatic heterocycles. The molecule has 0 spiro atoms. The molecule has 0 N–H and O–H groups in total. The Bertz CT molecular complexity index is 411. The lowest BCUT2D eigenvalue weighted by atomic mass is 10.1. The topological polar surface area (TPSA) is 20.3 Å². The van der Waals surface area contributed by atoms with Crippen molar-refractivity contribution in [3.8, 4) is 0 Å². The molecule has 17 heavy (non-hydrogen) atoms. The lowest BCUT2D eigenvalue weighted by Gasteiger charge is -2.13. The Balaban J connectivity index is 1.96. The van der Waals surface area contributed by atoms with Gasteiger partial charge in [-0.3, -0.25) is 4.79 Å². The minimum Gasteiger partial charge on any atom is -0.303 e. The number of Topliss-reactive ketones (excluding diaryl/α,β-unsaturated/α-hetero) is 1. The fraction of sp³-hybridized carbons (Fsp3) is 0.500. The van der Waals surface area contributed by atoms with Gasteiger partial charge in [0.25, 0.3) is 0 Å². The van der Waals surface area contributed by atoms with E-state index in [-0.39, 0.29) is 5.78 Å². The second kappa shape index (κ2) is 5.65. The lowest BCUT2D eigenvalue weighted by molar-refractivity contribution is 0.0969. The van der Waals surface area contributed by atoms with E-state index in [9.17, 15) is 4.79 Å². The highest BCUT2D eigenvalue weighted by atomic mass is 35.5. The molecule has 1 aliphatic heterocycles. The standard InChI is InChI=1S/C14H18ClNO/c1-11-4-5-13(15)12(10-11)14(17)6-9-16-7-2-3-8-16/h4-5,10H,2-3,6-9H2,1H3. The molecule has 0 radical (unpaired) electrons. The number of hydrogen-bond acceptors (Lipinski definition) is 2. The van der Waals surface area contributed by atoms with E-state index in [0.717, 1.165) is 25.2 Å². The van der Waals surface area contributed by atoms with Crippen LogP contribution in [-0.2, 0) is 0 Å². The summed E-state index contributed by atoms with van der Waals surface area (Å²) < 4.78 is 0. The third-order valence-electron chi connectivity index (χ3n) is 3.28. The van der Waals surface area contributed by atoms with Gasteiger partial charge in [0.2, 0.25) is 0 Å². The average Bonchev–Trinajstić information content (AvgIpc) is 2.82. The molecule has 0 atom stereocenters. The van der Waals surface area contributed by atoms with Crippen molar-refractivity contribution in [2.24, 2.45) is 0 Å². The monoisotopic (exact) mass is 251 g/mol. The molecule has 1 aromatic carbocycles. The third kappa shape index (κ3) is 3.30. The van der Waals surface area contributed by atoms with Crippen LogP contribution in [-0.4, -0.2) is 30.3 Å². The highest BCUT2D eigenvalue weighted by Crippen LogP contribution is 2.19. The molecule has 1 aliphatic rings. The van der Waals surface area contributed by atoms with E-state index in [0.29, 0.717) is 17.0 Å². The van der Waals surface area contributed by atoms with Crippen molar-refractivity contribution in [3.05, 3.63) is 34.3 Å². The maximum Gasteiger partial charge on any atom is 0.165 e. The Morgan fingerprint density at radius 1 is 1.35 bits per heavy atom. The van der Waals surface area contributed by atoms with Gasteiger partial charge in [0.05, 0.1) is 5.02 Å². The van der Waals surface area contributed by atoms with Gasteiger partial charge in [-0.25, -0.2) is 0 Å². The van der Waals surface area contributed by atoms with Gasteiger partial charge in [-0.05, 0) is 45.0 Å². The predicted molar refractivity (Wildman–Crippen MR) is 70.8 cm³/mol. The van der Waals surface area contributed by atoms with Gasteiger partial charge in [0.1, 0.15) is 0 Å². The summed E-state index contributed by atoms with van der Waals surface area (Å²) in [4.78, 5) is 14.4.